The van der Waals surface area contributed by atoms with Crippen LogP contribution in [0.4, 0.5) is 10.2 Å². The van der Waals surface area contributed by atoms with Crippen molar-refractivity contribution in [2.45, 2.75) is 38.6 Å². The van der Waals surface area contributed by atoms with E-state index in [0.717, 1.165) is 25.9 Å². The third kappa shape index (κ3) is 2.46. The van der Waals surface area contributed by atoms with E-state index in [2.05, 4.69) is 22.2 Å². The van der Waals surface area contributed by atoms with Crippen LogP contribution in [0.1, 0.15) is 32.4 Å². The molecule has 1 aromatic rings. The molecule has 0 amide bonds. The summed E-state index contributed by atoms with van der Waals surface area (Å²) >= 11 is 0. The molecule has 0 aromatic carbocycles. The van der Waals surface area contributed by atoms with Gasteiger partial charge in [0.15, 0.2) is 11.6 Å². The monoisotopic (exact) mass is 252 g/mol. The molecular formula is C13H21FN4. The van der Waals surface area contributed by atoms with Gasteiger partial charge in [0.05, 0.1) is 5.69 Å². The number of rotatable bonds is 3. The Balaban J connectivity index is 2.15. The average Bonchev–Trinajstić information content (AvgIpc) is 2.40. The van der Waals surface area contributed by atoms with Gasteiger partial charge in [-0.25, -0.2) is 14.4 Å². The van der Waals surface area contributed by atoms with Crippen LogP contribution in [0, 0.1) is 5.82 Å². The molecule has 100 valence electrons. The molecule has 1 saturated heterocycles. The van der Waals surface area contributed by atoms with Gasteiger partial charge in [0.25, 0.3) is 0 Å². The van der Waals surface area contributed by atoms with E-state index >= 15 is 0 Å². The number of piperidine rings is 1. The zero-order valence-electron chi connectivity index (χ0n) is 11.3. The Morgan fingerprint density at radius 2 is 2.06 bits per heavy atom. The molecule has 1 N–H and O–H groups in total. The molecule has 0 spiro atoms. The highest BCUT2D eigenvalue weighted by Gasteiger charge is 2.30. The van der Waals surface area contributed by atoms with Crippen molar-refractivity contribution < 1.29 is 4.39 Å². The van der Waals surface area contributed by atoms with Crippen LogP contribution < -0.4 is 10.2 Å². The van der Waals surface area contributed by atoms with Crippen molar-refractivity contribution in [2.75, 3.05) is 25.0 Å². The third-order valence-corrected chi connectivity index (χ3v) is 3.95. The lowest BCUT2D eigenvalue weighted by Crippen LogP contribution is -2.50. The number of hydrogen-bond acceptors (Lipinski definition) is 4. The van der Waals surface area contributed by atoms with Gasteiger partial charge in [-0.3, -0.25) is 0 Å². The van der Waals surface area contributed by atoms with E-state index in [9.17, 15) is 4.39 Å². The Morgan fingerprint density at radius 3 is 2.61 bits per heavy atom. The smallest absolute Gasteiger partial charge is 0.187 e. The summed E-state index contributed by atoms with van der Waals surface area (Å²) in [5, 5.41) is 3.34. The Morgan fingerprint density at radius 1 is 1.39 bits per heavy atom. The molecule has 0 unspecified atom stereocenters. The lowest BCUT2D eigenvalue weighted by atomic mass is 9.90. The zero-order valence-corrected chi connectivity index (χ0v) is 11.3. The molecule has 0 saturated carbocycles. The van der Waals surface area contributed by atoms with Crippen molar-refractivity contribution in [3.8, 4) is 0 Å². The van der Waals surface area contributed by atoms with E-state index in [1.54, 1.807) is 0 Å². The Kier molecular flexibility index (Phi) is 3.80. The number of aryl methyl sites for hydroxylation is 1. The highest BCUT2D eigenvalue weighted by Crippen LogP contribution is 2.26. The minimum absolute atomic E-state index is 0.160. The fourth-order valence-corrected chi connectivity index (χ4v) is 2.32. The molecular weight excluding hydrogens is 231 g/mol. The highest BCUT2D eigenvalue weighted by atomic mass is 19.1. The standard InChI is InChI=1S/C13H21FN4/c1-4-10-11(14)12(17-9-16-10)18-7-5-13(2,15-3)6-8-18/h9,15H,4-8H2,1-3H3. The van der Waals surface area contributed by atoms with Crippen molar-refractivity contribution in [3.05, 3.63) is 17.8 Å². The normalized spacial score (nSPS) is 19.0. The van der Waals surface area contributed by atoms with E-state index in [1.165, 1.54) is 6.33 Å². The van der Waals surface area contributed by atoms with Gasteiger partial charge in [0, 0.05) is 18.6 Å². The van der Waals surface area contributed by atoms with Gasteiger partial charge in [-0.2, -0.15) is 0 Å². The Labute approximate surface area is 108 Å². The van der Waals surface area contributed by atoms with Gasteiger partial charge >= 0.3 is 0 Å². The summed E-state index contributed by atoms with van der Waals surface area (Å²) in [5.41, 5.74) is 0.662. The summed E-state index contributed by atoms with van der Waals surface area (Å²) in [6.07, 6.45) is 4.05. The molecule has 1 aliphatic heterocycles. The maximum Gasteiger partial charge on any atom is 0.187 e. The maximum atomic E-state index is 14.1. The average molecular weight is 252 g/mol. The van der Waals surface area contributed by atoms with Crippen LogP contribution >= 0.6 is 0 Å². The molecule has 4 nitrogen and oxygen atoms in total. The molecule has 1 aromatic heterocycles. The fraction of sp³-hybridized carbons (Fsp3) is 0.692. The molecule has 1 fully saturated rings. The van der Waals surface area contributed by atoms with Gasteiger partial charge in [-0.1, -0.05) is 6.92 Å². The molecule has 0 aliphatic carbocycles. The first-order chi connectivity index (χ1) is 8.59. The molecule has 5 heteroatoms. The summed E-state index contributed by atoms with van der Waals surface area (Å²) < 4.78 is 14.1. The first-order valence-corrected chi connectivity index (χ1v) is 6.53. The minimum atomic E-state index is -0.256. The van der Waals surface area contributed by atoms with Crippen LogP contribution in [0.3, 0.4) is 0 Å². The van der Waals surface area contributed by atoms with Crippen LogP contribution in [0.15, 0.2) is 6.33 Å². The van der Waals surface area contributed by atoms with Gasteiger partial charge in [0.2, 0.25) is 0 Å². The number of aromatic nitrogens is 2. The van der Waals surface area contributed by atoms with Gasteiger partial charge in [0.1, 0.15) is 6.33 Å². The van der Waals surface area contributed by atoms with Crippen LogP contribution in [-0.4, -0.2) is 35.6 Å². The SMILES string of the molecule is CCc1ncnc(N2CCC(C)(NC)CC2)c1F. The van der Waals surface area contributed by atoms with Crippen molar-refractivity contribution in [1.29, 1.82) is 0 Å². The topological polar surface area (TPSA) is 41.1 Å². The first-order valence-electron chi connectivity index (χ1n) is 6.53. The van der Waals surface area contributed by atoms with E-state index in [1.807, 2.05) is 18.9 Å². The number of hydrogen-bond donors (Lipinski definition) is 1. The largest absolute Gasteiger partial charge is 0.354 e. The molecule has 18 heavy (non-hydrogen) atoms. The van der Waals surface area contributed by atoms with E-state index in [-0.39, 0.29) is 11.4 Å². The second-order valence-electron chi connectivity index (χ2n) is 5.11. The highest BCUT2D eigenvalue weighted by molar-refractivity contribution is 5.41. The summed E-state index contributed by atoms with van der Waals surface area (Å²) in [4.78, 5) is 10.1. The molecule has 1 aliphatic rings. The Bertz CT molecular complexity index is 413. The predicted molar refractivity (Wildman–Crippen MR) is 70.3 cm³/mol. The number of anilines is 1. The van der Waals surface area contributed by atoms with Crippen LogP contribution in [0.5, 0.6) is 0 Å². The fourth-order valence-electron chi connectivity index (χ4n) is 2.32. The zero-order chi connectivity index (χ0) is 13.2. The third-order valence-electron chi connectivity index (χ3n) is 3.95. The molecule has 0 atom stereocenters. The van der Waals surface area contributed by atoms with Crippen molar-refractivity contribution in [3.63, 3.8) is 0 Å². The quantitative estimate of drug-likeness (QED) is 0.890. The summed E-state index contributed by atoms with van der Waals surface area (Å²) in [5.74, 6) is 0.202. The lowest BCUT2D eigenvalue weighted by molar-refractivity contribution is 0.303. The van der Waals surface area contributed by atoms with Crippen LogP contribution in [0.2, 0.25) is 0 Å². The molecule has 0 bridgehead atoms. The van der Waals surface area contributed by atoms with Crippen molar-refractivity contribution in [2.24, 2.45) is 0 Å². The lowest BCUT2D eigenvalue weighted by Gasteiger charge is -2.39. The summed E-state index contributed by atoms with van der Waals surface area (Å²) in [6.45, 7) is 5.77. The van der Waals surface area contributed by atoms with Gasteiger partial charge in [-0.05, 0) is 33.2 Å². The van der Waals surface area contributed by atoms with Crippen LogP contribution in [0.25, 0.3) is 0 Å². The predicted octanol–water partition coefficient (Wildman–Crippen LogP) is 1.76. The second kappa shape index (κ2) is 5.18. The molecule has 2 rings (SSSR count). The second-order valence-corrected chi connectivity index (χ2v) is 5.11. The number of halogens is 1. The number of nitrogens with zero attached hydrogens (tertiary/aromatic N) is 3. The summed E-state index contributed by atoms with van der Waals surface area (Å²) in [7, 11) is 1.98. The Hall–Kier alpha value is -1.23. The van der Waals surface area contributed by atoms with Gasteiger partial charge < -0.3 is 10.2 Å². The van der Waals surface area contributed by atoms with E-state index < -0.39 is 0 Å². The van der Waals surface area contributed by atoms with Crippen molar-refractivity contribution >= 4 is 5.82 Å². The van der Waals surface area contributed by atoms with Crippen LogP contribution in [-0.2, 0) is 6.42 Å². The number of nitrogens with one attached hydrogen (secondary N) is 1. The van der Waals surface area contributed by atoms with E-state index in [0.29, 0.717) is 17.9 Å². The maximum absolute atomic E-state index is 14.1. The van der Waals surface area contributed by atoms with Gasteiger partial charge in [-0.15, -0.1) is 0 Å². The minimum Gasteiger partial charge on any atom is -0.354 e. The van der Waals surface area contributed by atoms with Crippen molar-refractivity contribution in [1.82, 2.24) is 15.3 Å². The summed E-state index contributed by atoms with van der Waals surface area (Å²) in [6, 6.07) is 0. The van der Waals surface area contributed by atoms with E-state index in [4.69, 9.17) is 0 Å². The molecule has 2 heterocycles. The molecule has 0 radical (unpaired) electrons. The first kappa shape index (κ1) is 13.2.